The average molecular weight is 243 g/mol. The Balaban J connectivity index is 4.00. The molecule has 0 saturated carbocycles. The second kappa shape index (κ2) is 8.75. The largest absolute Gasteiger partial charge is 0.451 e. The van der Waals surface area contributed by atoms with Crippen LogP contribution in [0.5, 0.6) is 0 Å². The van der Waals surface area contributed by atoms with E-state index in [4.69, 9.17) is 9.47 Å². The molecule has 0 aliphatic rings. The summed E-state index contributed by atoms with van der Waals surface area (Å²) in [4.78, 5) is 22.9. The minimum absolute atomic E-state index is 0.271. The Kier molecular flexibility index (Phi) is 8.05. The summed E-state index contributed by atoms with van der Waals surface area (Å²) < 4.78 is 10.0. The van der Waals surface area contributed by atoms with Gasteiger partial charge in [0.1, 0.15) is 0 Å². The van der Waals surface area contributed by atoms with Gasteiger partial charge in [-0.25, -0.2) is 4.79 Å². The highest BCUT2D eigenvalue weighted by Crippen LogP contribution is 1.99. The normalized spacial score (nSPS) is 13.6. The Hall–Kier alpha value is -1.36. The number of hydrogen-bond acceptors (Lipinski definition) is 4. The predicted molar refractivity (Wildman–Crippen MR) is 64.5 cm³/mol. The molecule has 2 unspecified atom stereocenters. The Morgan fingerprint density at radius 1 is 1.35 bits per heavy atom. The van der Waals surface area contributed by atoms with Gasteiger partial charge in [-0.1, -0.05) is 13.0 Å². The van der Waals surface area contributed by atoms with Crippen molar-refractivity contribution < 1.29 is 19.1 Å². The number of hydrogen-bond donors (Lipinski definition) is 1. The maximum Gasteiger partial charge on any atom is 0.335 e. The number of ether oxygens (including phenoxy) is 2. The molecule has 0 saturated heterocycles. The zero-order chi connectivity index (χ0) is 13.3. The summed E-state index contributed by atoms with van der Waals surface area (Å²) in [5.41, 5.74) is 0. The molecule has 1 N–H and O–H groups in total. The second-order valence-electron chi connectivity index (χ2n) is 3.63. The minimum atomic E-state index is -0.802. The molecule has 98 valence electrons. The van der Waals surface area contributed by atoms with Crippen LogP contribution in [0.15, 0.2) is 12.7 Å². The molecular formula is C12H21NO4. The van der Waals surface area contributed by atoms with E-state index in [2.05, 4.69) is 11.9 Å². The molecule has 0 aromatic heterocycles. The molecule has 17 heavy (non-hydrogen) atoms. The molecule has 0 radical (unpaired) electrons. The van der Waals surface area contributed by atoms with Crippen molar-refractivity contribution in [3.05, 3.63) is 12.7 Å². The Bertz CT molecular complexity index is 265. The van der Waals surface area contributed by atoms with Gasteiger partial charge in [0.05, 0.1) is 6.61 Å². The zero-order valence-electron chi connectivity index (χ0n) is 10.7. The third-order valence-electron chi connectivity index (χ3n) is 2.01. The zero-order valence-corrected chi connectivity index (χ0v) is 10.7. The Labute approximate surface area is 102 Å². The highest BCUT2D eigenvalue weighted by molar-refractivity contribution is 5.84. The van der Waals surface area contributed by atoms with Gasteiger partial charge in [0.2, 0.25) is 0 Å². The molecule has 0 fully saturated rings. The van der Waals surface area contributed by atoms with E-state index in [0.717, 1.165) is 6.42 Å². The van der Waals surface area contributed by atoms with E-state index in [1.54, 1.807) is 13.0 Å². The average Bonchev–Trinajstić information content (AvgIpc) is 2.32. The number of rotatable bonds is 8. The highest BCUT2D eigenvalue weighted by Gasteiger charge is 2.21. The fraction of sp³-hybridized carbons (Fsp3) is 0.667. The molecule has 0 heterocycles. The van der Waals surface area contributed by atoms with Gasteiger partial charge in [0.25, 0.3) is 5.91 Å². The van der Waals surface area contributed by atoms with Crippen molar-refractivity contribution in [2.45, 2.75) is 39.4 Å². The van der Waals surface area contributed by atoms with Gasteiger partial charge in [-0.15, -0.1) is 6.58 Å². The van der Waals surface area contributed by atoms with Crippen LogP contribution >= 0.6 is 0 Å². The van der Waals surface area contributed by atoms with Crippen LogP contribution in [0.3, 0.4) is 0 Å². The molecule has 5 nitrogen and oxygen atoms in total. The fourth-order valence-corrected chi connectivity index (χ4v) is 0.996. The first-order chi connectivity index (χ1) is 8.02. The van der Waals surface area contributed by atoms with Crippen molar-refractivity contribution >= 4 is 11.9 Å². The first kappa shape index (κ1) is 15.6. The number of amides is 1. The van der Waals surface area contributed by atoms with Crippen LogP contribution in [0.25, 0.3) is 0 Å². The molecule has 2 atom stereocenters. The van der Waals surface area contributed by atoms with E-state index in [1.165, 1.54) is 6.92 Å². The number of nitrogens with one attached hydrogen (secondary N) is 1. The molecule has 0 aromatic carbocycles. The Morgan fingerprint density at radius 2 is 2.00 bits per heavy atom. The predicted octanol–water partition coefficient (Wildman–Crippen LogP) is 1.04. The van der Waals surface area contributed by atoms with E-state index in [-0.39, 0.29) is 12.5 Å². The molecule has 0 aromatic rings. The standard InChI is InChI=1S/C12H21NO4/c1-5-7-13-11(14)9(3)17-12(15)10(4)16-8-6-2/h6,9-10H,2,5,7-8H2,1,3-4H3,(H,13,14). The smallest absolute Gasteiger partial charge is 0.335 e. The van der Waals surface area contributed by atoms with Gasteiger partial charge in [0, 0.05) is 6.54 Å². The van der Waals surface area contributed by atoms with Crippen molar-refractivity contribution in [2.75, 3.05) is 13.2 Å². The summed E-state index contributed by atoms with van der Waals surface area (Å²) in [5.74, 6) is -0.845. The van der Waals surface area contributed by atoms with Crippen molar-refractivity contribution in [3.63, 3.8) is 0 Å². The molecule has 0 aliphatic carbocycles. The SMILES string of the molecule is C=CCOC(C)C(=O)OC(C)C(=O)NCCC. The maximum absolute atomic E-state index is 11.5. The van der Waals surface area contributed by atoms with Crippen molar-refractivity contribution in [1.82, 2.24) is 5.32 Å². The van der Waals surface area contributed by atoms with Crippen LogP contribution < -0.4 is 5.32 Å². The second-order valence-corrected chi connectivity index (χ2v) is 3.63. The van der Waals surface area contributed by atoms with Crippen molar-refractivity contribution in [3.8, 4) is 0 Å². The van der Waals surface area contributed by atoms with Gasteiger partial charge in [0.15, 0.2) is 12.2 Å². The van der Waals surface area contributed by atoms with E-state index >= 15 is 0 Å². The van der Waals surface area contributed by atoms with Crippen LogP contribution in [0, 0.1) is 0 Å². The summed E-state index contributed by atoms with van der Waals surface area (Å²) in [6.45, 7) is 9.37. The lowest BCUT2D eigenvalue weighted by molar-refractivity contribution is -0.164. The number of esters is 1. The first-order valence-corrected chi connectivity index (χ1v) is 5.73. The quantitative estimate of drug-likeness (QED) is 0.511. The van der Waals surface area contributed by atoms with E-state index in [0.29, 0.717) is 6.54 Å². The molecule has 0 rings (SSSR count). The van der Waals surface area contributed by atoms with Gasteiger partial charge in [-0.2, -0.15) is 0 Å². The third-order valence-corrected chi connectivity index (χ3v) is 2.01. The lowest BCUT2D eigenvalue weighted by Crippen LogP contribution is -2.38. The lowest BCUT2D eigenvalue weighted by Gasteiger charge is -2.16. The number of carbonyl (C=O) groups is 2. The van der Waals surface area contributed by atoms with Crippen molar-refractivity contribution in [2.24, 2.45) is 0 Å². The minimum Gasteiger partial charge on any atom is -0.451 e. The molecule has 1 amide bonds. The summed E-state index contributed by atoms with van der Waals surface area (Å²) >= 11 is 0. The van der Waals surface area contributed by atoms with E-state index < -0.39 is 18.2 Å². The molecule has 0 aliphatic heterocycles. The monoisotopic (exact) mass is 243 g/mol. The van der Waals surface area contributed by atoms with Gasteiger partial charge in [-0.05, 0) is 20.3 Å². The third kappa shape index (κ3) is 6.73. The molecule has 5 heteroatoms. The molecule has 0 spiro atoms. The topological polar surface area (TPSA) is 64.6 Å². The highest BCUT2D eigenvalue weighted by atomic mass is 16.6. The van der Waals surface area contributed by atoms with Gasteiger partial charge in [-0.3, -0.25) is 4.79 Å². The van der Waals surface area contributed by atoms with Gasteiger partial charge >= 0.3 is 5.97 Å². The van der Waals surface area contributed by atoms with E-state index in [1.807, 2.05) is 6.92 Å². The Morgan fingerprint density at radius 3 is 2.53 bits per heavy atom. The summed E-state index contributed by atoms with van der Waals surface area (Å²) in [6, 6.07) is 0. The van der Waals surface area contributed by atoms with Crippen LogP contribution in [0.1, 0.15) is 27.2 Å². The van der Waals surface area contributed by atoms with Crippen LogP contribution in [-0.4, -0.2) is 37.2 Å². The van der Waals surface area contributed by atoms with Crippen LogP contribution in [-0.2, 0) is 19.1 Å². The number of carbonyl (C=O) groups excluding carboxylic acids is 2. The first-order valence-electron chi connectivity index (χ1n) is 5.73. The summed E-state index contributed by atoms with van der Waals surface area (Å²) in [6.07, 6.45) is 0.880. The van der Waals surface area contributed by atoms with Gasteiger partial charge < -0.3 is 14.8 Å². The molecular weight excluding hydrogens is 222 g/mol. The fourth-order valence-electron chi connectivity index (χ4n) is 0.996. The van der Waals surface area contributed by atoms with Crippen LogP contribution in [0.4, 0.5) is 0 Å². The summed E-state index contributed by atoms with van der Waals surface area (Å²) in [5, 5.41) is 2.65. The maximum atomic E-state index is 11.5. The van der Waals surface area contributed by atoms with Crippen LogP contribution in [0.2, 0.25) is 0 Å². The van der Waals surface area contributed by atoms with Crippen molar-refractivity contribution in [1.29, 1.82) is 0 Å². The molecule has 0 bridgehead atoms. The lowest BCUT2D eigenvalue weighted by atomic mass is 10.3. The van der Waals surface area contributed by atoms with E-state index in [9.17, 15) is 9.59 Å². The summed E-state index contributed by atoms with van der Waals surface area (Å²) in [7, 11) is 0.